The Labute approximate surface area is 509 Å². The minimum absolute atomic E-state index is 0. The molecule has 0 saturated carbocycles. The minimum atomic E-state index is 0. The van der Waals surface area contributed by atoms with Crippen LogP contribution in [0.5, 0.6) is 0 Å². The van der Waals surface area contributed by atoms with Crippen LogP contribution in [0.3, 0.4) is 0 Å². The van der Waals surface area contributed by atoms with Crippen LogP contribution in [0.15, 0.2) is 146 Å². The summed E-state index contributed by atoms with van der Waals surface area (Å²) in [5.41, 5.74) is 18.0. The molecule has 417 valence electrons. The maximum absolute atomic E-state index is 4.96. The van der Waals surface area contributed by atoms with E-state index in [2.05, 4.69) is 239 Å². The monoisotopic (exact) mass is 1570 g/mol. The fourth-order valence-electron chi connectivity index (χ4n) is 9.08. The van der Waals surface area contributed by atoms with Crippen LogP contribution in [0.4, 0.5) is 0 Å². The van der Waals surface area contributed by atoms with E-state index >= 15 is 0 Å². The summed E-state index contributed by atoms with van der Waals surface area (Å²) >= 11 is 0. The first-order valence-electron chi connectivity index (χ1n) is 27.2. The molecular weight excluding hydrogens is 1490 g/mol. The zero-order chi connectivity index (χ0) is 54.1. The zero-order valence-corrected chi connectivity index (χ0v) is 56.0. The molecule has 9 rings (SSSR count). The second kappa shape index (κ2) is 28.9. The molecule has 9 heteroatoms. The number of rotatable bonds is 12. The molecule has 78 heavy (non-hydrogen) atoms. The summed E-state index contributed by atoms with van der Waals surface area (Å²) in [4.78, 5) is 14.6. The molecule has 6 aromatic carbocycles. The molecule has 0 aliphatic rings. The van der Waals surface area contributed by atoms with Gasteiger partial charge in [-0.05, 0) is 120 Å². The molecule has 6 nitrogen and oxygen atoms in total. The van der Waals surface area contributed by atoms with E-state index in [9.17, 15) is 0 Å². The summed E-state index contributed by atoms with van der Waals surface area (Å²) in [5.74, 6) is 3.36. The number of hydrogen-bond acceptors (Lipinski definition) is 3. The molecule has 3 heterocycles. The van der Waals surface area contributed by atoms with Crippen molar-refractivity contribution in [2.75, 3.05) is 0 Å². The van der Waals surface area contributed by atoms with Crippen LogP contribution in [0, 0.1) is 32.0 Å². The Morgan fingerprint density at radius 1 is 0.436 bits per heavy atom. The van der Waals surface area contributed by atoms with Crippen molar-refractivity contribution in [2.24, 2.45) is 7.05 Å². The van der Waals surface area contributed by atoms with Gasteiger partial charge < -0.3 is 13.7 Å². The predicted octanol–water partition coefficient (Wildman–Crippen LogP) is 17.6. The van der Waals surface area contributed by atoms with Gasteiger partial charge in [-0.2, -0.15) is 0 Å². The largest absolute Gasteiger partial charge is 0.347 e. The van der Waals surface area contributed by atoms with E-state index in [-0.39, 0.29) is 76.6 Å². The quantitative estimate of drug-likeness (QED) is 0.115. The third-order valence-electron chi connectivity index (χ3n) is 13.6. The van der Waals surface area contributed by atoms with Crippen molar-refractivity contribution in [3.63, 3.8) is 0 Å². The van der Waals surface area contributed by atoms with Crippen LogP contribution in [0.2, 0.25) is 0 Å². The van der Waals surface area contributed by atoms with Crippen molar-refractivity contribution in [1.29, 1.82) is 0 Å². The number of hydrogen-bond donors (Lipinski definition) is 0. The van der Waals surface area contributed by atoms with Gasteiger partial charge in [0, 0.05) is 115 Å². The fraction of sp³-hybridized carbons (Fsp3) is 0.348. The molecule has 0 amide bonds. The number of aromatic nitrogens is 6. The third-order valence-corrected chi connectivity index (χ3v) is 13.6. The van der Waals surface area contributed by atoms with Crippen molar-refractivity contribution in [3.8, 4) is 56.3 Å². The van der Waals surface area contributed by atoms with E-state index in [1.165, 1.54) is 50.3 Å². The molecule has 0 aliphatic carbocycles. The van der Waals surface area contributed by atoms with Crippen LogP contribution in [0.1, 0.15) is 148 Å². The Morgan fingerprint density at radius 2 is 0.910 bits per heavy atom. The van der Waals surface area contributed by atoms with Gasteiger partial charge in [0.2, 0.25) is 0 Å². The minimum Gasteiger partial charge on any atom is -0.347 e. The second-order valence-electron chi connectivity index (χ2n) is 23.2. The van der Waals surface area contributed by atoms with Gasteiger partial charge in [0.15, 0.2) is 0 Å². The molecule has 0 unspecified atom stereocenters. The molecule has 0 fully saturated rings. The normalized spacial score (nSPS) is 11.3. The maximum atomic E-state index is 4.96. The molecule has 0 N–H and O–H groups in total. The van der Waals surface area contributed by atoms with E-state index in [4.69, 9.17) is 15.0 Å². The molecule has 0 bridgehead atoms. The summed E-state index contributed by atoms with van der Waals surface area (Å²) in [6, 6.07) is 54.8. The van der Waals surface area contributed by atoms with E-state index in [0.717, 1.165) is 89.8 Å². The average molecular weight is 1570 g/mol. The van der Waals surface area contributed by atoms with Gasteiger partial charge in [-0.3, -0.25) is 15.0 Å². The van der Waals surface area contributed by atoms with Gasteiger partial charge in [-0.1, -0.05) is 126 Å². The van der Waals surface area contributed by atoms with Gasteiger partial charge in [0.25, 0.3) is 0 Å². The molecule has 0 saturated heterocycles. The van der Waals surface area contributed by atoms with Crippen molar-refractivity contribution in [2.45, 2.75) is 152 Å². The summed E-state index contributed by atoms with van der Waals surface area (Å²) in [7, 11) is 2.07. The van der Waals surface area contributed by atoms with Gasteiger partial charge in [-0.25, -0.2) is 0 Å². The Hall–Kier alpha value is -5.10. The topological polar surface area (TPSA) is 53.5 Å². The molecule has 3 aromatic heterocycles. The Kier molecular flexibility index (Phi) is 24.2. The van der Waals surface area contributed by atoms with Gasteiger partial charge in [0.1, 0.15) is 11.6 Å². The van der Waals surface area contributed by atoms with Crippen molar-refractivity contribution in [1.82, 2.24) is 28.7 Å². The smallest absolute Gasteiger partial charge is 0.102 e. The zero-order valence-electron chi connectivity index (χ0n) is 48.8. The molecule has 0 spiro atoms. The molecular formula is C69H81Ir3N6-3. The van der Waals surface area contributed by atoms with Crippen molar-refractivity contribution < 1.29 is 60.3 Å². The molecule has 0 atom stereocenters. The van der Waals surface area contributed by atoms with E-state index in [1.807, 2.05) is 42.5 Å². The van der Waals surface area contributed by atoms with Crippen molar-refractivity contribution in [3.05, 3.63) is 209 Å². The number of benzene rings is 6. The molecule has 3 radical (unpaired) electrons. The van der Waals surface area contributed by atoms with Gasteiger partial charge in [0.05, 0.1) is 5.82 Å². The first-order valence-corrected chi connectivity index (χ1v) is 27.2. The summed E-state index contributed by atoms with van der Waals surface area (Å²) in [6.07, 6.45) is 12.6. The van der Waals surface area contributed by atoms with E-state index in [0.29, 0.717) is 0 Å². The average Bonchev–Trinajstić information content (AvgIpc) is 4.14. The van der Waals surface area contributed by atoms with Crippen LogP contribution < -0.4 is 0 Å². The Balaban J connectivity index is 0.000000249. The van der Waals surface area contributed by atoms with Crippen LogP contribution in [0.25, 0.3) is 56.3 Å². The SMILES string of the molecule is CCCc1nc(-c2[c-]ccc(-c3ccc(C(C)(C)C)cc3)c2)cn1C.CCCc1nc(-c2[c-]cccc2)cn1-c1cc(C(C)(C)C)cc(C(C)(C)C)c1.CCCc1nc(-c2[c-]cccc2)cn1-c1cc(C)ccc1C.[Ir].[Ir].[Ir]. The van der Waals surface area contributed by atoms with Gasteiger partial charge >= 0.3 is 0 Å². The van der Waals surface area contributed by atoms with Gasteiger partial charge in [-0.15, -0.1) is 107 Å². The second-order valence-corrected chi connectivity index (χ2v) is 23.2. The van der Waals surface area contributed by atoms with Crippen LogP contribution >= 0.6 is 0 Å². The standard InChI is InChI=1S/C26H33N2.C23H27N2.C20H21N2.3Ir/c1-8-12-24-27-23(19-13-10-9-11-14-19)18-28(24)22-16-20(25(2,3)4)15-21(17-22)26(5,6)7;1-6-8-22-24-21(16-25(22)5)19-10-7-9-18(15-19)17-11-13-20(14-12-17)23(2,3)4;1-4-8-20-21-18(17-9-6-5-7-10-17)14-22(20)19-13-15(2)11-12-16(19)3;;;/h9-11,13,15-18H,8,12H2,1-7H3;7,9,11-16H,6,8H2,1-5H3;5-7,9,11-14H,4,8H2,1-3H3;;;/q3*-1;;;. The Morgan fingerprint density at radius 3 is 1.41 bits per heavy atom. The maximum Gasteiger partial charge on any atom is 0.102 e. The number of imidazole rings is 3. The van der Waals surface area contributed by atoms with E-state index < -0.39 is 0 Å². The summed E-state index contributed by atoms with van der Waals surface area (Å²) < 4.78 is 6.64. The fourth-order valence-corrected chi connectivity index (χ4v) is 9.08. The number of aryl methyl sites for hydroxylation is 6. The number of nitrogens with zero attached hydrogens (tertiary/aromatic N) is 6. The van der Waals surface area contributed by atoms with Crippen LogP contribution in [-0.2, 0) is 103 Å². The third kappa shape index (κ3) is 17.0. The first-order chi connectivity index (χ1) is 35.7. The van der Waals surface area contributed by atoms with Crippen LogP contribution in [-0.4, -0.2) is 28.7 Å². The van der Waals surface area contributed by atoms with Crippen molar-refractivity contribution >= 4 is 0 Å². The predicted molar refractivity (Wildman–Crippen MR) is 316 cm³/mol. The molecule has 9 aromatic rings. The Bertz CT molecular complexity index is 3240. The summed E-state index contributed by atoms with van der Waals surface area (Å²) in [6.45, 7) is 31.3. The molecule has 0 aliphatic heterocycles. The first kappa shape index (κ1) is 65.4. The summed E-state index contributed by atoms with van der Waals surface area (Å²) in [5, 5.41) is 0. The van der Waals surface area contributed by atoms with E-state index in [1.54, 1.807) is 0 Å².